The predicted molar refractivity (Wildman–Crippen MR) is 94.2 cm³/mol. The van der Waals surface area contributed by atoms with E-state index in [2.05, 4.69) is 0 Å². The van der Waals surface area contributed by atoms with Crippen LogP contribution >= 0.6 is 11.6 Å². The van der Waals surface area contributed by atoms with E-state index < -0.39 is 10.0 Å². The Morgan fingerprint density at radius 3 is 2.67 bits per heavy atom. The van der Waals surface area contributed by atoms with Gasteiger partial charge in [0.15, 0.2) is 0 Å². The lowest BCUT2D eigenvalue weighted by Crippen LogP contribution is -2.38. The summed E-state index contributed by atoms with van der Waals surface area (Å²) in [7, 11) is -1.74. The summed E-state index contributed by atoms with van der Waals surface area (Å²) in [6, 6.07) is 4.91. The van der Waals surface area contributed by atoms with Crippen molar-refractivity contribution in [2.24, 2.45) is 0 Å². The van der Waals surface area contributed by atoms with Gasteiger partial charge in [-0.05, 0) is 31.0 Å². The molecule has 0 N–H and O–H groups in total. The number of sulfonamides is 1. The monoisotopic (exact) mass is 374 g/mol. The average molecular weight is 375 g/mol. The molecule has 1 aromatic carbocycles. The summed E-state index contributed by atoms with van der Waals surface area (Å²) in [5, 5.41) is 0.459. The fourth-order valence-corrected chi connectivity index (χ4v) is 4.49. The number of halogens is 1. The van der Waals surface area contributed by atoms with Gasteiger partial charge in [-0.15, -0.1) is 0 Å². The van der Waals surface area contributed by atoms with Crippen LogP contribution in [0.15, 0.2) is 18.2 Å². The Morgan fingerprint density at radius 1 is 1.25 bits per heavy atom. The molecule has 1 fully saturated rings. The maximum absolute atomic E-state index is 12.8. The van der Waals surface area contributed by atoms with E-state index in [-0.39, 0.29) is 11.7 Å². The van der Waals surface area contributed by atoms with Gasteiger partial charge in [0.1, 0.15) is 5.75 Å². The Kier molecular flexibility index (Phi) is 6.48. The number of ether oxygens (including phenoxy) is 1. The van der Waals surface area contributed by atoms with Gasteiger partial charge in [-0.1, -0.05) is 18.5 Å². The van der Waals surface area contributed by atoms with Crippen molar-refractivity contribution in [2.45, 2.75) is 19.8 Å². The first-order chi connectivity index (χ1) is 11.4. The van der Waals surface area contributed by atoms with E-state index in [1.807, 2.05) is 6.92 Å². The molecule has 0 aromatic heterocycles. The smallest absolute Gasteiger partial charge is 0.257 e. The van der Waals surface area contributed by atoms with Crippen molar-refractivity contribution < 1.29 is 17.9 Å². The van der Waals surface area contributed by atoms with Crippen LogP contribution in [-0.2, 0) is 10.0 Å². The molecule has 24 heavy (non-hydrogen) atoms. The molecule has 1 aliphatic rings. The zero-order valence-corrected chi connectivity index (χ0v) is 15.6. The van der Waals surface area contributed by atoms with Crippen LogP contribution in [0.4, 0.5) is 0 Å². The SMILES string of the molecule is CCCS(=O)(=O)N1CCCN(C(=O)c2cc(Cl)ccc2OC)CC1. The summed E-state index contributed by atoms with van der Waals surface area (Å²) >= 11 is 5.99. The Balaban J connectivity index is 2.14. The highest BCUT2D eigenvalue weighted by atomic mass is 35.5. The second kappa shape index (κ2) is 8.18. The first-order valence-corrected chi connectivity index (χ1v) is 9.98. The molecule has 1 aromatic rings. The first kappa shape index (κ1) is 19.0. The Labute approximate surface area is 148 Å². The lowest BCUT2D eigenvalue weighted by atomic mass is 10.1. The van der Waals surface area contributed by atoms with Gasteiger partial charge in [-0.2, -0.15) is 0 Å². The number of benzene rings is 1. The van der Waals surface area contributed by atoms with Gasteiger partial charge in [0.25, 0.3) is 5.91 Å². The number of amides is 1. The van der Waals surface area contributed by atoms with Gasteiger partial charge in [0, 0.05) is 31.2 Å². The molecule has 1 heterocycles. The molecule has 1 saturated heterocycles. The largest absolute Gasteiger partial charge is 0.496 e. The van der Waals surface area contributed by atoms with Gasteiger partial charge in [0.05, 0.1) is 18.4 Å². The van der Waals surface area contributed by atoms with E-state index in [9.17, 15) is 13.2 Å². The number of hydrogen-bond donors (Lipinski definition) is 0. The van der Waals surface area contributed by atoms with Crippen molar-refractivity contribution in [1.82, 2.24) is 9.21 Å². The van der Waals surface area contributed by atoms with Crippen LogP contribution in [0.3, 0.4) is 0 Å². The van der Waals surface area contributed by atoms with Crippen molar-refractivity contribution in [2.75, 3.05) is 39.0 Å². The van der Waals surface area contributed by atoms with Crippen LogP contribution in [0.25, 0.3) is 0 Å². The summed E-state index contributed by atoms with van der Waals surface area (Å²) in [6.45, 7) is 3.47. The van der Waals surface area contributed by atoms with Crippen molar-refractivity contribution in [1.29, 1.82) is 0 Å². The van der Waals surface area contributed by atoms with Crippen molar-refractivity contribution in [3.05, 3.63) is 28.8 Å². The maximum atomic E-state index is 12.8. The summed E-state index contributed by atoms with van der Waals surface area (Å²) in [5.74, 6) is 0.413. The highest BCUT2D eigenvalue weighted by molar-refractivity contribution is 7.89. The summed E-state index contributed by atoms with van der Waals surface area (Å²) in [4.78, 5) is 14.4. The van der Waals surface area contributed by atoms with Gasteiger partial charge >= 0.3 is 0 Å². The summed E-state index contributed by atoms with van der Waals surface area (Å²) < 4.78 is 31.2. The normalized spacial score (nSPS) is 16.7. The van der Waals surface area contributed by atoms with Crippen LogP contribution in [0.1, 0.15) is 30.1 Å². The molecule has 2 rings (SSSR count). The molecule has 0 atom stereocenters. The molecule has 0 saturated carbocycles. The van der Waals surface area contributed by atoms with Crippen LogP contribution in [0, 0.1) is 0 Å². The highest BCUT2D eigenvalue weighted by Gasteiger charge is 2.27. The molecule has 0 aliphatic carbocycles. The minimum Gasteiger partial charge on any atom is -0.496 e. The molecule has 0 radical (unpaired) electrons. The van der Waals surface area contributed by atoms with Crippen molar-refractivity contribution in [3.63, 3.8) is 0 Å². The third kappa shape index (κ3) is 4.40. The van der Waals surface area contributed by atoms with E-state index in [1.165, 1.54) is 11.4 Å². The third-order valence-corrected chi connectivity index (χ3v) is 6.30. The maximum Gasteiger partial charge on any atom is 0.257 e. The van der Waals surface area contributed by atoms with Crippen LogP contribution in [0.2, 0.25) is 5.02 Å². The second-order valence-corrected chi connectivity index (χ2v) is 8.23. The number of carbonyl (C=O) groups is 1. The first-order valence-electron chi connectivity index (χ1n) is 7.99. The number of methoxy groups -OCH3 is 1. The molecular formula is C16H23ClN2O4S. The highest BCUT2D eigenvalue weighted by Crippen LogP contribution is 2.24. The van der Waals surface area contributed by atoms with E-state index in [4.69, 9.17) is 16.3 Å². The third-order valence-electron chi connectivity index (χ3n) is 3.99. The number of hydrogen-bond acceptors (Lipinski definition) is 4. The summed E-state index contributed by atoms with van der Waals surface area (Å²) in [5.41, 5.74) is 0.398. The van der Waals surface area contributed by atoms with Gasteiger partial charge in [-0.3, -0.25) is 4.79 Å². The average Bonchev–Trinajstić information content (AvgIpc) is 2.80. The fraction of sp³-hybridized carbons (Fsp3) is 0.562. The molecule has 134 valence electrons. The topological polar surface area (TPSA) is 66.9 Å². The Bertz CT molecular complexity index is 693. The minimum atomic E-state index is -3.24. The van der Waals surface area contributed by atoms with Crippen LogP contribution < -0.4 is 4.74 Å². The quantitative estimate of drug-likeness (QED) is 0.792. The number of nitrogens with zero attached hydrogens (tertiary/aromatic N) is 2. The van der Waals surface area contributed by atoms with E-state index in [0.29, 0.717) is 55.4 Å². The standard InChI is InChI=1S/C16H23ClN2O4S/c1-3-11-24(21,22)19-8-4-7-18(9-10-19)16(20)14-12-13(17)5-6-15(14)23-2/h5-6,12H,3-4,7-11H2,1-2H3. The molecule has 0 bridgehead atoms. The molecule has 1 amide bonds. The molecule has 6 nitrogen and oxygen atoms in total. The number of rotatable bonds is 5. The van der Waals surface area contributed by atoms with Gasteiger partial charge in [0.2, 0.25) is 10.0 Å². The lowest BCUT2D eigenvalue weighted by molar-refractivity contribution is 0.0761. The van der Waals surface area contributed by atoms with Crippen molar-refractivity contribution >= 4 is 27.5 Å². The van der Waals surface area contributed by atoms with E-state index in [0.717, 1.165) is 0 Å². The van der Waals surface area contributed by atoms with Gasteiger partial charge < -0.3 is 9.64 Å². The zero-order chi connectivity index (χ0) is 17.7. The molecule has 0 spiro atoms. The molecular weight excluding hydrogens is 352 g/mol. The van der Waals surface area contributed by atoms with E-state index in [1.54, 1.807) is 23.1 Å². The van der Waals surface area contributed by atoms with Crippen LogP contribution in [0.5, 0.6) is 5.75 Å². The minimum absolute atomic E-state index is 0.142. The van der Waals surface area contributed by atoms with Crippen LogP contribution in [-0.4, -0.2) is 62.6 Å². The zero-order valence-electron chi connectivity index (χ0n) is 14.0. The number of carbonyl (C=O) groups excluding carboxylic acids is 1. The molecule has 0 unspecified atom stereocenters. The van der Waals surface area contributed by atoms with Gasteiger partial charge in [-0.25, -0.2) is 12.7 Å². The Morgan fingerprint density at radius 2 is 2.00 bits per heavy atom. The van der Waals surface area contributed by atoms with E-state index >= 15 is 0 Å². The predicted octanol–water partition coefficient (Wildman–Crippen LogP) is 2.24. The molecule has 1 aliphatic heterocycles. The lowest BCUT2D eigenvalue weighted by Gasteiger charge is -2.22. The molecule has 8 heteroatoms. The Hall–Kier alpha value is -1.31. The fourth-order valence-electron chi connectivity index (χ4n) is 2.78. The second-order valence-electron chi connectivity index (χ2n) is 5.71. The van der Waals surface area contributed by atoms with Crippen molar-refractivity contribution in [3.8, 4) is 5.75 Å². The summed E-state index contributed by atoms with van der Waals surface area (Å²) in [6.07, 6.45) is 1.19.